The minimum absolute atomic E-state index is 0.0223. The zero-order valence-electron chi connectivity index (χ0n) is 21.7. The summed E-state index contributed by atoms with van der Waals surface area (Å²) in [6.07, 6.45) is -3.46. The molecule has 0 bridgehead atoms. The van der Waals surface area contributed by atoms with E-state index < -0.39 is 23.5 Å². The van der Waals surface area contributed by atoms with E-state index in [1.807, 2.05) is 30.3 Å². The fraction of sp³-hybridized carbons (Fsp3) is 0.345. The highest BCUT2D eigenvalue weighted by Crippen LogP contribution is 2.48. The van der Waals surface area contributed by atoms with Crippen LogP contribution in [0.2, 0.25) is 0 Å². The minimum Gasteiger partial charge on any atom is -0.477 e. The SMILES string of the molecule is FC(F)(F)c1cccc(SSC(C/C(=N/c2ccccc2)OC2CCCCC2)SSc2cccc(C(F)(F)F)c2)c1. The molecule has 2 nitrogen and oxygen atoms in total. The first-order chi connectivity index (χ1) is 19.6. The largest absolute Gasteiger partial charge is 0.477 e. The van der Waals surface area contributed by atoms with E-state index in [2.05, 4.69) is 0 Å². The smallest absolute Gasteiger partial charge is 0.416 e. The number of alkyl halides is 6. The number of hydrogen-bond donors (Lipinski definition) is 0. The molecule has 0 aliphatic heterocycles. The zero-order valence-corrected chi connectivity index (χ0v) is 24.9. The molecule has 1 fully saturated rings. The molecule has 1 aliphatic carbocycles. The topological polar surface area (TPSA) is 21.6 Å². The van der Waals surface area contributed by atoms with Gasteiger partial charge in [0, 0.05) is 16.2 Å². The Balaban J connectivity index is 1.55. The fourth-order valence-electron chi connectivity index (χ4n) is 4.04. The summed E-state index contributed by atoms with van der Waals surface area (Å²) in [7, 11) is 5.04. The molecule has 0 amide bonds. The average Bonchev–Trinajstić information content (AvgIpc) is 2.95. The van der Waals surface area contributed by atoms with Crippen LogP contribution in [0.15, 0.2) is 93.6 Å². The predicted octanol–water partition coefficient (Wildman–Crippen LogP) is 11.7. The highest BCUT2D eigenvalue weighted by Gasteiger charge is 2.31. The van der Waals surface area contributed by atoms with Gasteiger partial charge in [-0.05, 0) is 74.2 Å². The third kappa shape index (κ3) is 10.7. The molecule has 220 valence electrons. The first kappa shape index (κ1) is 32.0. The molecule has 0 spiro atoms. The number of para-hydroxylation sites is 1. The van der Waals surface area contributed by atoms with Crippen LogP contribution < -0.4 is 0 Å². The summed E-state index contributed by atoms with van der Waals surface area (Å²) in [5.41, 5.74) is -0.765. The number of halogens is 6. The Kier molecular flexibility index (Phi) is 11.7. The van der Waals surface area contributed by atoms with E-state index in [1.54, 1.807) is 12.1 Å². The molecule has 0 saturated heterocycles. The van der Waals surface area contributed by atoms with Gasteiger partial charge in [-0.3, -0.25) is 0 Å². The van der Waals surface area contributed by atoms with Crippen molar-refractivity contribution in [1.29, 1.82) is 0 Å². The van der Waals surface area contributed by atoms with Gasteiger partial charge in [0.15, 0.2) is 5.90 Å². The number of ether oxygens (including phenoxy) is 1. The molecule has 1 aliphatic rings. The lowest BCUT2D eigenvalue weighted by atomic mass is 9.98. The molecule has 41 heavy (non-hydrogen) atoms. The minimum atomic E-state index is -4.46. The molecule has 0 aromatic heterocycles. The molecular weight excluding hydrogens is 621 g/mol. The Hall–Kier alpha value is -1.89. The van der Waals surface area contributed by atoms with Crippen molar-refractivity contribution in [3.8, 4) is 0 Å². The first-order valence-corrected chi connectivity index (χ1v) is 17.3. The first-order valence-electron chi connectivity index (χ1n) is 12.9. The maximum Gasteiger partial charge on any atom is 0.416 e. The number of aliphatic imine (C=N–C) groups is 1. The third-order valence-corrected chi connectivity index (χ3v) is 12.3. The van der Waals surface area contributed by atoms with Crippen molar-refractivity contribution in [2.24, 2.45) is 4.99 Å². The molecular formula is C29H27F6NOS4. The van der Waals surface area contributed by atoms with Gasteiger partial charge in [-0.2, -0.15) is 26.3 Å². The van der Waals surface area contributed by atoms with E-state index in [0.29, 0.717) is 27.8 Å². The average molecular weight is 648 g/mol. The van der Waals surface area contributed by atoms with Crippen molar-refractivity contribution in [2.75, 3.05) is 0 Å². The van der Waals surface area contributed by atoms with Crippen LogP contribution in [0.4, 0.5) is 32.0 Å². The molecule has 1 saturated carbocycles. The van der Waals surface area contributed by atoms with Crippen LogP contribution in [0.25, 0.3) is 0 Å². The Bertz CT molecular complexity index is 1220. The standard InChI is InChI=1S/C29H27F6NOS4/c30-28(31,32)20-9-7-15-24(17-20)38-40-27(41-39-25-16-8-10-21(18-25)29(33,34)35)19-26(36-22-11-3-1-4-12-22)37-23-13-5-2-6-14-23/h1,3-4,7-12,15-18,23,27H,2,5-6,13-14,19H2/b36-26-. The van der Waals surface area contributed by atoms with Gasteiger partial charge in [0.2, 0.25) is 0 Å². The summed E-state index contributed by atoms with van der Waals surface area (Å²) in [6.45, 7) is 0. The fourth-order valence-corrected chi connectivity index (χ4v) is 9.84. The highest BCUT2D eigenvalue weighted by molar-refractivity contribution is 8.85. The van der Waals surface area contributed by atoms with Gasteiger partial charge in [-0.25, -0.2) is 4.99 Å². The summed E-state index contributed by atoms with van der Waals surface area (Å²) in [5, 5.41) is 0. The summed E-state index contributed by atoms with van der Waals surface area (Å²) in [5.74, 6) is 0.502. The molecule has 0 radical (unpaired) electrons. The Morgan fingerprint density at radius 2 is 1.27 bits per heavy atom. The van der Waals surface area contributed by atoms with Gasteiger partial charge in [-0.1, -0.05) is 79.9 Å². The molecule has 12 heteroatoms. The lowest BCUT2D eigenvalue weighted by molar-refractivity contribution is -0.138. The van der Waals surface area contributed by atoms with Crippen molar-refractivity contribution in [3.05, 3.63) is 90.0 Å². The van der Waals surface area contributed by atoms with E-state index in [4.69, 9.17) is 9.73 Å². The van der Waals surface area contributed by atoms with Gasteiger partial charge in [0.1, 0.15) is 6.10 Å². The second-order valence-corrected chi connectivity index (χ2v) is 14.5. The molecule has 3 aromatic rings. The van der Waals surface area contributed by atoms with Crippen molar-refractivity contribution < 1.29 is 31.1 Å². The van der Waals surface area contributed by atoms with Crippen molar-refractivity contribution in [2.45, 2.75) is 71.4 Å². The van der Waals surface area contributed by atoms with Gasteiger partial charge < -0.3 is 4.74 Å². The highest BCUT2D eigenvalue weighted by atomic mass is 33.1. The van der Waals surface area contributed by atoms with Crippen molar-refractivity contribution in [1.82, 2.24) is 0 Å². The lowest BCUT2D eigenvalue weighted by Gasteiger charge is -2.25. The van der Waals surface area contributed by atoms with Gasteiger partial charge in [0.05, 0.1) is 21.4 Å². The van der Waals surface area contributed by atoms with E-state index in [0.717, 1.165) is 56.4 Å². The van der Waals surface area contributed by atoms with E-state index in [1.165, 1.54) is 55.3 Å². The van der Waals surface area contributed by atoms with Crippen molar-refractivity contribution >= 4 is 54.8 Å². The predicted molar refractivity (Wildman–Crippen MR) is 160 cm³/mol. The molecule has 0 unspecified atom stereocenters. The Morgan fingerprint density at radius 1 is 0.732 bits per heavy atom. The van der Waals surface area contributed by atoms with E-state index in [-0.39, 0.29) is 10.7 Å². The number of hydrogen-bond acceptors (Lipinski definition) is 6. The molecule has 0 atom stereocenters. The van der Waals surface area contributed by atoms with E-state index in [9.17, 15) is 26.3 Å². The Morgan fingerprint density at radius 3 is 1.78 bits per heavy atom. The number of nitrogens with zero attached hydrogens (tertiary/aromatic N) is 1. The van der Waals surface area contributed by atoms with Crippen LogP contribution in [-0.4, -0.2) is 16.6 Å². The van der Waals surface area contributed by atoms with Crippen LogP contribution in [0.1, 0.15) is 49.7 Å². The van der Waals surface area contributed by atoms with Crippen molar-refractivity contribution in [3.63, 3.8) is 0 Å². The van der Waals surface area contributed by atoms with Crippen LogP contribution >= 0.6 is 43.2 Å². The van der Waals surface area contributed by atoms with Gasteiger partial charge in [0.25, 0.3) is 0 Å². The summed E-state index contributed by atoms with van der Waals surface area (Å²) in [6, 6.07) is 19.5. The normalized spacial score (nSPS) is 15.3. The van der Waals surface area contributed by atoms with Gasteiger partial charge >= 0.3 is 12.4 Å². The van der Waals surface area contributed by atoms with Crippen LogP contribution in [-0.2, 0) is 17.1 Å². The maximum absolute atomic E-state index is 13.3. The monoisotopic (exact) mass is 647 g/mol. The molecule has 4 rings (SSSR count). The molecule has 0 heterocycles. The molecule has 3 aromatic carbocycles. The second kappa shape index (κ2) is 15.0. The molecule has 0 N–H and O–H groups in total. The maximum atomic E-state index is 13.3. The number of benzene rings is 3. The second-order valence-electron chi connectivity index (χ2n) is 9.26. The lowest BCUT2D eigenvalue weighted by Crippen LogP contribution is -2.22. The zero-order chi connectivity index (χ0) is 29.3. The third-order valence-electron chi connectivity index (χ3n) is 6.03. The quantitative estimate of drug-likeness (QED) is 0.0716. The van der Waals surface area contributed by atoms with Crippen LogP contribution in [0.5, 0.6) is 0 Å². The van der Waals surface area contributed by atoms with Crippen LogP contribution in [0.3, 0.4) is 0 Å². The Labute approximate surface area is 251 Å². The van der Waals surface area contributed by atoms with Gasteiger partial charge in [-0.15, -0.1) is 0 Å². The summed E-state index contributed by atoms with van der Waals surface area (Å²) in [4.78, 5) is 5.60. The summed E-state index contributed by atoms with van der Waals surface area (Å²) >= 11 is 0. The van der Waals surface area contributed by atoms with Crippen LogP contribution in [0, 0.1) is 0 Å². The van der Waals surface area contributed by atoms with E-state index >= 15 is 0 Å². The number of rotatable bonds is 10. The summed E-state index contributed by atoms with van der Waals surface area (Å²) < 4.78 is 85.6.